The van der Waals surface area contributed by atoms with Crippen LogP contribution < -0.4 is 4.74 Å². The number of likely N-dealkylation sites (tertiary alicyclic amines) is 1. The van der Waals surface area contributed by atoms with Gasteiger partial charge in [0.15, 0.2) is 29.8 Å². The van der Waals surface area contributed by atoms with Gasteiger partial charge in [0.05, 0.1) is 12.5 Å². The Labute approximate surface area is 259 Å². The van der Waals surface area contributed by atoms with Gasteiger partial charge in [-0.25, -0.2) is 0 Å². The number of Topliss-reactive ketones (excluding diaryl/α,β-unsaturated/α-hetero) is 1. The molecule has 9 atom stereocenters. The van der Waals surface area contributed by atoms with Gasteiger partial charge in [-0.1, -0.05) is 54.6 Å². The number of nitro groups is 1. The van der Waals surface area contributed by atoms with E-state index in [0.717, 1.165) is 16.3 Å². The third-order valence-corrected chi connectivity index (χ3v) is 10.7. The molecule has 9 rings (SSSR count). The highest BCUT2D eigenvalue weighted by molar-refractivity contribution is 6.21. The molecule has 234 valence electrons. The Morgan fingerprint density at radius 3 is 2.27 bits per heavy atom. The van der Waals surface area contributed by atoms with E-state index in [2.05, 4.69) is 0 Å². The molecule has 3 aromatic rings. The van der Waals surface area contributed by atoms with Crippen LogP contribution in [0, 0.1) is 10.1 Å². The Hall–Kier alpha value is -3.45. The molecule has 0 saturated carbocycles. The highest BCUT2D eigenvalue weighted by Crippen LogP contribution is 2.65. The monoisotopic (exact) mass is 614 g/mol. The number of carbonyl (C=O) groups is 1. The summed E-state index contributed by atoms with van der Waals surface area (Å²) in [6.45, 7) is 7.12. The molecule has 0 radical (unpaired) electrons. The van der Waals surface area contributed by atoms with Crippen LogP contribution in [0.25, 0.3) is 10.8 Å². The fourth-order valence-corrected chi connectivity index (χ4v) is 9.34. The van der Waals surface area contributed by atoms with Gasteiger partial charge in [0.1, 0.15) is 35.7 Å². The van der Waals surface area contributed by atoms with Crippen molar-refractivity contribution in [1.29, 1.82) is 0 Å². The largest absolute Gasteiger partial charge is 0.480 e. The zero-order valence-corrected chi connectivity index (χ0v) is 25.6. The average Bonchev–Trinajstić information content (AvgIpc) is 3.66. The number of ether oxygens (including phenoxy) is 6. The summed E-state index contributed by atoms with van der Waals surface area (Å²) in [4.78, 5) is 30.4. The number of nitrogens with zero attached hydrogens (tertiary/aromatic N) is 2. The summed E-state index contributed by atoms with van der Waals surface area (Å²) in [5, 5.41) is 15.6. The van der Waals surface area contributed by atoms with Crippen LogP contribution in [0.15, 0.2) is 60.7 Å². The minimum Gasteiger partial charge on any atom is -0.480 e. The predicted octanol–water partition coefficient (Wildman–Crippen LogP) is 4.13. The van der Waals surface area contributed by atoms with Crippen LogP contribution in [-0.4, -0.2) is 83.1 Å². The minimum atomic E-state index is -1.82. The first kappa shape index (κ1) is 27.8. The van der Waals surface area contributed by atoms with E-state index in [-0.39, 0.29) is 17.3 Å². The second-order valence-electron chi connectivity index (χ2n) is 14.1. The van der Waals surface area contributed by atoms with Crippen molar-refractivity contribution in [2.24, 2.45) is 0 Å². The van der Waals surface area contributed by atoms with Gasteiger partial charge < -0.3 is 28.4 Å². The number of hydrogen-bond donors (Lipinski definition) is 0. The molecule has 0 bridgehead atoms. The lowest BCUT2D eigenvalue weighted by Crippen LogP contribution is -2.70. The van der Waals surface area contributed by atoms with E-state index in [0.29, 0.717) is 16.9 Å². The first-order valence-electron chi connectivity index (χ1n) is 15.4. The van der Waals surface area contributed by atoms with Crippen molar-refractivity contribution < 1.29 is 38.1 Å². The van der Waals surface area contributed by atoms with Crippen LogP contribution in [0.1, 0.15) is 55.1 Å². The molecular formula is C34H34N2O9. The molecule has 45 heavy (non-hydrogen) atoms. The average molecular weight is 615 g/mol. The Balaban J connectivity index is 1.28. The molecule has 6 aliphatic rings. The first-order valence-corrected chi connectivity index (χ1v) is 15.4. The molecule has 11 heteroatoms. The minimum absolute atomic E-state index is 0.0712. The standard InChI is InChI=1S/C34H34N2O9/c1-31(2)42-23-24(43-31)26-30(45-32(3,4)44-26)41-25(23)29-33(36(38)39)16-35(5)34(27(33)18-12-6-7-15-21(18)40-29)20-14-9-11-17-10-8-13-19(22(17)20)28(34)37/h6-15,23-27,29-30H,16H2,1-5H3/t23-,24+,25+,26-,27+,29-,30-,33-,34-/m1/s1. The third-order valence-electron chi connectivity index (χ3n) is 10.7. The number of rotatable bonds is 2. The first-order chi connectivity index (χ1) is 21.4. The fourth-order valence-electron chi connectivity index (χ4n) is 9.34. The number of likely N-dealkylation sites (N-methyl/N-ethyl adjacent to an activating group) is 1. The third kappa shape index (κ3) is 3.33. The molecule has 4 saturated heterocycles. The zero-order chi connectivity index (χ0) is 31.3. The van der Waals surface area contributed by atoms with E-state index in [9.17, 15) is 14.9 Å². The van der Waals surface area contributed by atoms with Crippen LogP contribution in [0.2, 0.25) is 0 Å². The molecule has 1 spiro atoms. The molecule has 4 fully saturated rings. The molecule has 0 unspecified atom stereocenters. The maximum Gasteiger partial charge on any atom is 0.282 e. The summed E-state index contributed by atoms with van der Waals surface area (Å²) in [5.41, 5.74) is -1.23. The quantitative estimate of drug-likeness (QED) is 0.308. The van der Waals surface area contributed by atoms with E-state index >= 15 is 0 Å². The number of hydrogen-bond acceptors (Lipinski definition) is 10. The Morgan fingerprint density at radius 1 is 0.844 bits per heavy atom. The number of carbonyl (C=O) groups excluding carboxylic acids is 1. The lowest BCUT2D eigenvalue weighted by atomic mass is 9.63. The van der Waals surface area contributed by atoms with Crippen LogP contribution >= 0.6 is 0 Å². The molecule has 0 N–H and O–H groups in total. The van der Waals surface area contributed by atoms with Crippen molar-refractivity contribution >= 4 is 16.6 Å². The van der Waals surface area contributed by atoms with Gasteiger partial charge in [0.25, 0.3) is 5.54 Å². The molecule has 5 heterocycles. The SMILES string of the molecule is CN1C[C@]2([N+](=O)[O-])[C@@H]([C@H]3O[C@@H]4OC(C)(C)O[C@@H]4[C@H]4OC(C)(C)O[C@H]43)Oc3ccccc3[C@@H]2[C@]12C(=O)c1cccc3cccc2c13. The van der Waals surface area contributed by atoms with Gasteiger partial charge >= 0.3 is 0 Å². The van der Waals surface area contributed by atoms with Gasteiger partial charge in [-0.05, 0) is 57.1 Å². The van der Waals surface area contributed by atoms with E-state index in [1.165, 1.54) is 0 Å². The number of fused-ring (bicyclic) bond motifs is 8. The molecule has 11 nitrogen and oxygen atoms in total. The van der Waals surface area contributed by atoms with Crippen molar-refractivity contribution in [2.75, 3.05) is 13.6 Å². The molecule has 1 aliphatic carbocycles. The topological polar surface area (TPSA) is 119 Å². The summed E-state index contributed by atoms with van der Waals surface area (Å²) in [5.74, 6) is -2.58. The van der Waals surface area contributed by atoms with Crippen LogP contribution in [0.4, 0.5) is 0 Å². The smallest absolute Gasteiger partial charge is 0.282 e. The molecule has 3 aromatic carbocycles. The second kappa shape index (κ2) is 8.67. The predicted molar refractivity (Wildman–Crippen MR) is 158 cm³/mol. The summed E-state index contributed by atoms with van der Waals surface area (Å²) in [7, 11) is 1.81. The van der Waals surface area contributed by atoms with Gasteiger partial charge in [-0.15, -0.1) is 0 Å². The zero-order valence-electron chi connectivity index (χ0n) is 25.6. The van der Waals surface area contributed by atoms with Gasteiger partial charge in [-0.3, -0.25) is 19.8 Å². The van der Waals surface area contributed by atoms with Gasteiger partial charge in [-0.2, -0.15) is 0 Å². The van der Waals surface area contributed by atoms with Crippen molar-refractivity contribution in [3.63, 3.8) is 0 Å². The van der Waals surface area contributed by atoms with Crippen LogP contribution in [0.5, 0.6) is 5.75 Å². The van der Waals surface area contributed by atoms with Crippen molar-refractivity contribution in [1.82, 2.24) is 4.90 Å². The highest BCUT2D eigenvalue weighted by atomic mass is 16.9. The molecular weight excluding hydrogens is 580 g/mol. The van der Waals surface area contributed by atoms with Gasteiger partial charge in [0.2, 0.25) is 0 Å². The van der Waals surface area contributed by atoms with E-state index < -0.39 is 65.4 Å². The van der Waals surface area contributed by atoms with Crippen LogP contribution in [0.3, 0.4) is 0 Å². The normalized spacial score (nSPS) is 40.2. The molecule has 5 aliphatic heterocycles. The second-order valence-corrected chi connectivity index (χ2v) is 14.1. The molecule has 0 aromatic heterocycles. The Morgan fingerprint density at radius 2 is 1.51 bits per heavy atom. The van der Waals surface area contributed by atoms with Gasteiger partial charge in [0, 0.05) is 16.1 Å². The summed E-state index contributed by atoms with van der Waals surface area (Å²) in [6, 6.07) is 18.8. The number of benzene rings is 3. The van der Waals surface area contributed by atoms with E-state index in [4.69, 9.17) is 28.4 Å². The lowest BCUT2D eigenvalue weighted by molar-refractivity contribution is -0.587. The number of para-hydroxylation sites is 1. The Bertz CT molecular complexity index is 1800. The Kier molecular flexibility index (Phi) is 5.36. The van der Waals surface area contributed by atoms with Crippen LogP contribution in [-0.2, 0) is 29.2 Å². The van der Waals surface area contributed by atoms with E-state index in [1.807, 2.05) is 65.6 Å². The van der Waals surface area contributed by atoms with Crippen molar-refractivity contribution in [2.45, 2.75) is 93.1 Å². The lowest BCUT2D eigenvalue weighted by Gasteiger charge is -2.48. The fraction of sp³-hybridized carbons (Fsp3) is 0.500. The maximum atomic E-state index is 14.9. The molecule has 0 amide bonds. The highest BCUT2D eigenvalue weighted by Gasteiger charge is 2.80. The number of ketones is 1. The summed E-state index contributed by atoms with van der Waals surface area (Å²) >= 11 is 0. The summed E-state index contributed by atoms with van der Waals surface area (Å²) < 4.78 is 38.6. The summed E-state index contributed by atoms with van der Waals surface area (Å²) in [6.07, 6.45) is -5.05. The van der Waals surface area contributed by atoms with Crippen molar-refractivity contribution in [3.8, 4) is 5.75 Å². The van der Waals surface area contributed by atoms with Crippen molar-refractivity contribution in [3.05, 3.63) is 87.5 Å². The van der Waals surface area contributed by atoms with E-state index in [1.54, 1.807) is 34.7 Å². The maximum absolute atomic E-state index is 14.9.